The Balaban J connectivity index is 2.44. The number of carbonyl (C=O) groups is 3. The normalized spacial score (nSPS) is 16.8. The monoisotopic (exact) mass is 517 g/mol. The quantitative estimate of drug-likeness (QED) is 0.401. The molecule has 0 saturated heterocycles. The summed E-state index contributed by atoms with van der Waals surface area (Å²) < 4.78 is 5.42. The maximum atomic E-state index is 14.0. The number of alkyl carbamates (subject to hydrolysis) is 1. The number of benzene rings is 1. The summed E-state index contributed by atoms with van der Waals surface area (Å²) in [6, 6.07) is 5.90. The van der Waals surface area contributed by atoms with E-state index in [2.05, 4.69) is 17.6 Å². The highest BCUT2D eigenvalue weighted by Crippen LogP contribution is 2.26. The van der Waals surface area contributed by atoms with E-state index in [-0.39, 0.29) is 31.0 Å². The lowest BCUT2D eigenvalue weighted by Crippen LogP contribution is -2.56. The van der Waals surface area contributed by atoms with Gasteiger partial charge in [0.2, 0.25) is 11.8 Å². The molecule has 1 aliphatic rings. The Morgan fingerprint density at radius 2 is 1.70 bits per heavy atom. The van der Waals surface area contributed by atoms with Gasteiger partial charge in [-0.1, -0.05) is 70.7 Å². The summed E-state index contributed by atoms with van der Waals surface area (Å²) in [6.07, 6.45) is 5.92. The van der Waals surface area contributed by atoms with Crippen LogP contribution in [0.3, 0.4) is 0 Å². The molecule has 3 unspecified atom stereocenters. The van der Waals surface area contributed by atoms with E-state index in [1.54, 1.807) is 20.8 Å². The van der Waals surface area contributed by atoms with E-state index in [0.717, 1.165) is 44.1 Å². The zero-order valence-electron chi connectivity index (χ0n) is 23.5. The van der Waals surface area contributed by atoms with E-state index in [9.17, 15) is 19.5 Å². The van der Waals surface area contributed by atoms with Crippen molar-refractivity contribution in [3.8, 4) is 0 Å². The van der Waals surface area contributed by atoms with Crippen LogP contribution in [0.2, 0.25) is 0 Å². The molecule has 0 heterocycles. The molecular weight excluding hydrogens is 470 g/mol. The van der Waals surface area contributed by atoms with Gasteiger partial charge in [-0.3, -0.25) is 9.59 Å². The van der Waals surface area contributed by atoms with Crippen molar-refractivity contribution in [3.05, 3.63) is 35.4 Å². The second-order valence-corrected chi connectivity index (χ2v) is 11.1. The summed E-state index contributed by atoms with van der Waals surface area (Å²) >= 11 is 0. The van der Waals surface area contributed by atoms with Crippen LogP contribution in [-0.2, 0) is 20.7 Å². The number of ether oxygens (including phenoxy) is 1. The van der Waals surface area contributed by atoms with Crippen molar-refractivity contribution in [2.24, 2.45) is 5.92 Å². The van der Waals surface area contributed by atoms with Gasteiger partial charge >= 0.3 is 6.09 Å². The Bertz CT molecular complexity index is 875. The minimum absolute atomic E-state index is 0.0416. The van der Waals surface area contributed by atoms with E-state index in [1.807, 2.05) is 38.1 Å². The predicted octanol–water partition coefficient (Wildman–Crippen LogP) is 4.50. The first kappa shape index (κ1) is 30.6. The Labute approximate surface area is 222 Å². The molecule has 3 atom stereocenters. The molecule has 0 bridgehead atoms. The Morgan fingerprint density at radius 1 is 1.08 bits per heavy atom. The first-order valence-electron chi connectivity index (χ1n) is 13.8. The number of aryl methyl sites for hydroxylation is 1. The Morgan fingerprint density at radius 3 is 2.22 bits per heavy atom. The third-order valence-corrected chi connectivity index (χ3v) is 6.99. The van der Waals surface area contributed by atoms with Crippen molar-refractivity contribution >= 4 is 17.9 Å². The number of rotatable bonds is 11. The molecule has 0 spiro atoms. The van der Waals surface area contributed by atoms with E-state index in [1.165, 1.54) is 4.90 Å². The second kappa shape index (κ2) is 14.4. The summed E-state index contributed by atoms with van der Waals surface area (Å²) in [5.41, 5.74) is 1.08. The molecule has 3 amide bonds. The van der Waals surface area contributed by atoms with Gasteiger partial charge < -0.3 is 25.4 Å². The van der Waals surface area contributed by atoms with Crippen molar-refractivity contribution in [1.29, 1.82) is 0 Å². The molecule has 3 N–H and O–H groups in total. The highest BCUT2D eigenvalue weighted by molar-refractivity contribution is 5.92. The maximum absolute atomic E-state index is 14.0. The maximum Gasteiger partial charge on any atom is 0.408 e. The van der Waals surface area contributed by atoms with Gasteiger partial charge in [-0.05, 0) is 57.1 Å². The number of amides is 3. The number of nitrogens with zero attached hydrogens (tertiary/aromatic N) is 1. The fourth-order valence-corrected chi connectivity index (χ4v) is 4.71. The third kappa shape index (κ3) is 9.33. The van der Waals surface area contributed by atoms with Crippen molar-refractivity contribution in [3.63, 3.8) is 0 Å². The summed E-state index contributed by atoms with van der Waals surface area (Å²) in [7, 11) is 0. The van der Waals surface area contributed by atoms with Crippen LogP contribution in [0.4, 0.5) is 4.79 Å². The molecule has 8 heteroatoms. The number of aliphatic hydroxyl groups is 1. The van der Waals surface area contributed by atoms with E-state index in [0.29, 0.717) is 12.0 Å². The van der Waals surface area contributed by atoms with Gasteiger partial charge in [-0.25, -0.2) is 4.79 Å². The Kier molecular flexibility index (Phi) is 11.9. The molecule has 1 fully saturated rings. The molecular formula is C29H47N3O5. The fourth-order valence-electron chi connectivity index (χ4n) is 4.71. The smallest absolute Gasteiger partial charge is 0.408 e. The van der Waals surface area contributed by atoms with Gasteiger partial charge in [-0.2, -0.15) is 0 Å². The van der Waals surface area contributed by atoms with Crippen LogP contribution in [0.25, 0.3) is 0 Å². The number of hydrogen-bond acceptors (Lipinski definition) is 5. The molecule has 1 aromatic carbocycles. The van der Waals surface area contributed by atoms with Crippen LogP contribution in [0.5, 0.6) is 0 Å². The van der Waals surface area contributed by atoms with Crippen molar-refractivity contribution in [2.45, 2.75) is 110 Å². The van der Waals surface area contributed by atoms with Crippen molar-refractivity contribution in [2.75, 3.05) is 13.2 Å². The summed E-state index contributed by atoms with van der Waals surface area (Å²) in [5, 5.41) is 15.9. The summed E-state index contributed by atoms with van der Waals surface area (Å²) in [4.78, 5) is 41.9. The second-order valence-electron chi connectivity index (χ2n) is 11.1. The fraction of sp³-hybridized carbons (Fsp3) is 0.690. The average molecular weight is 518 g/mol. The largest absolute Gasteiger partial charge is 0.444 e. The molecule has 0 radical (unpaired) electrons. The molecule has 0 aliphatic heterocycles. The lowest BCUT2D eigenvalue weighted by atomic mass is 9.93. The molecule has 208 valence electrons. The van der Waals surface area contributed by atoms with Crippen LogP contribution in [-0.4, -0.2) is 58.8 Å². The molecule has 1 aromatic rings. The predicted molar refractivity (Wildman–Crippen MR) is 145 cm³/mol. The molecule has 37 heavy (non-hydrogen) atoms. The Hall–Kier alpha value is -2.61. The highest BCUT2D eigenvalue weighted by atomic mass is 16.6. The first-order chi connectivity index (χ1) is 17.5. The summed E-state index contributed by atoms with van der Waals surface area (Å²) in [5.74, 6) is -0.901. The minimum atomic E-state index is -0.931. The van der Waals surface area contributed by atoms with Crippen LogP contribution < -0.4 is 10.6 Å². The van der Waals surface area contributed by atoms with E-state index in [4.69, 9.17) is 4.74 Å². The number of nitrogens with one attached hydrogen (secondary N) is 2. The number of carbonyl (C=O) groups excluding carboxylic acids is 3. The zero-order valence-corrected chi connectivity index (χ0v) is 23.5. The van der Waals surface area contributed by atoms with Gasteiger partial charge in [0, 0.05) is 12.6 Å². The van der Waals surface area contributed by atoms with Gasteiger partial charge in [0.15, 0.2) is 0 Å². The van der Waals surface area contributed by atoms with Crippen LogP contribution >= 0.6 is 0 Å². The zero-order chi connectivity index (χ0) is 27.6. The van der Waals surface area contributed by atoms with Crippen LogP contribution in [0.1, 0.15) is 97.2 Å². The standard InChI is InChI=1S/C29H47N3O5/c1-7-20(3)24(31-28(36)37-29(4,5)6)27(35)32(18-19-33)25(22-16-14-21(8-2)15-17-22)26(34)30-23-12-10-9-11-13-23/h14-17,20,23-25,33H,7-13,18-19H2,1-6H3,(H,30,34)(H,31,36). The molecule has 2 rings (SSSR count). The highest BCUT2D eigenvalue weighted by Gasteiger charge is 2.38. The van der Waals surface area contributed by atoms with E-state index < -0.39 is 29.7 Å². The third-order valence-electron chi connectivity index (χ3n) is 6.99. The molecule has 0 aromatic heterocycles. The van der Waals surface area contributed by atoms with Gasteiger partial charge in [0.25, 0.3) is 0 Å². The molecule has 8 nitrogen and oxygen atoms in total. The SMILES string of the molecule is CCc1ccc(C(C(=O)NC2CCCCC2)N(CCO)C(=O)C(NC(=O)OC(C)(C)C)C(C)CC)cc1. The topological polar surface area (TPSA) is 108 Å². The number of hydrogen-bond donors (Lipinski definition) is 3. The van der Waals surface area contributed by atoms with Crippen LogP contribution in [0.15, 0.2) is 24.3 Å². The lowest BCUT2D eigenvalue weighted by Gasteiger charge is -2.36. The molecule has 1 aliphatic carbocycles. The lowest BCUT2D eigenvalue weighted by molar-refractivity contribution is -0.144. The first-order valence-corrected chi connectivity index (χ1v) is 13.8. The average Bonchev–Trinajstić information content (AvgIpc) is 2.86. The number of aliphatic hydroxyl groups excluding tert-OH is 1. The van der Waals surface area contributed by atoms with E-state index >= 15 is 0 Å². The van der Waals surface area contributed by atoms with Gasteiger partial charge in [0.05, 0.1) is 6.61 Å². The minimum Gasteiger partial charge on any atom is -0.444 e. The van der Waals surface area contributed by atoms with Crippen molar-refractivity contribution in [1.82, 2.24) is 15.5 Å². The summed E-state index contributed by atoms with van der Waals surface area (Å²) in [6.45, 7) is 10.8. The van der Waals surface area contributed by atoms with Gasteiger partial charge in [0.1, 0.15) is 17.7 Å². The molecule has 1 saturated carbocycles. The van der Waals surface area contributed by atoms with Crippen molar-refractivity contribution < 1.29 is 24.2 Å². The van der Waals surface area contributed by atoms with Gasteiger partial charge in [-0.15, -0.1) is 0 Å². The van der Waals surface area contributed by atoms with Crippen LogP contribution in [0, 0.1) is 5.92 Å².